The summed E-state index contributed by atoms with van der Waals surface area (Å²) in [5, 5.41) is 7.37. The van der Waals surface area contributed by atoms with Crippen LogP contribution in [0.2, 0.25) is 0 Å². The van der Waals surface area contributed by atoms with Gasteiger partial charge in [0, 0.05) is 12.5 Å². The van der Waals surface area contributed by atoms with Gasteiger partial charge in [-0.25, -0.2) is 9.48 Å². The minimum absolute atomic E-state index is 0.0753. The summed E-state index contributed by atoms with van der Waals surface area (Å²) in [6.07, 6.45) is 0. The topological polar surface area (TPSA) is 78.3 Å². The SMILES string of the molecule is COC(=O)c1nc2n(n1)CC(c1cccc(OC)c1)CN2. The van der Waals surface area contributed by atoms with Gasteiger partial charge in [0.25, 0.3) is 5.82 Å². The number of anilines is 1. The highest BCUT2D eigenvalue weighted by Crippen LogP contribution is 2.26. The van der Waals surface area contributed by atoms with Gasteiger partial charge < -0.3 is 14.8 Å². The van der Waals surface area contributed by atoms with Gasteiger partial charge in [-0.05, 0) is 17.7 Å². The maximum absolute atomic E-state index is 11.5. The number of nitrogens with zero attached hydrogens (tertiary/aromatic N) is 3. The minimum atomic E-state index is -0.531. The molecule has 3 rings (SSSR count). The number of carbonyl (C=O) groups excluding carboxylic acids is 1. The lowest BCUT2D eigenvalue weighted by Crippen LogP contribution is -2.26. The molecule has 0 aliphatic carbocycles. The number of hydrogen-bond donors (Lipinski definition) is 1. The quantitative estimate of drug-likeness (QED) is 0.857. The van der Waals surface area contributed by atoms with Gasteiger partial charge in [0.05, 0.1) is 20.8 Å². The van der Waals surface area contributed by atoms with Crippen LogP contribution in [0.3, 0.4) is 0 Å². The Morgan fingerprint density at radius 3 is 3.05 bits per heavy atom. The molecular weight excluding hydrogens is 272 g/mol. The highest BCUT2D eigenvalue weighted by Gasteiger charge is 2.25. The summed E-state index contributed by atoms with van der Waals surface area (Å²) in [6, 6.07) is 7.94. The fraction of sp³-hybridized carbons (Fsp3) is 0.357. The third-order valence-electron chi connectivity index (χ3n) is 3.50. The van der Waals surface area contributed by atoms with Crippen LogP contribution in [0.25, 0.3) is 0 Å². The van der Waals surface area contributed by atoms with E-state index in [1.807, 2.05) is 18.2 Å². The van der Waals surface area contributed by atoms with Crippen molar-refractivity contribution in [2.24, 2.45) is 0 Å². The Morgan fingerprint density at radius 2 is 2.29 bits per heavy atom. The average molecular weight is 288 g/mol. The highest BCUT2D eigenvalue weighted by molar-refractivity contribution is 5.85. The summed E-state index contributed by atoms with van der Waals surface area (Å²) in [5.74, 6) is 1.20. The monoisotopic (exact) mass is 288 g/mol. The number of ether oxygens (including phenoxy) is 2. The highest BCUT2D eigenvalue weighted by atomic mass is 16.5. The normalized spacial score (nSPS) is 16.8. The summed E-state index contributed by atoms with van der Waals surface area (Å²) in [7, 11) is 2.96. The van der Waals surface area contributed by atoms with Gasteiger partial charge >= 0.3 is 5.97 Å². The Bertz CT molecular complexity index is 668. The van der Waals surface area contributed by atoms with Gasteiger partial charge in [-0.3, -0.25) is 0 Å². The predicted molar refractivity (Wildman–Crippen MR) is 75.6 cm³/mol. The molecule has 2 aromatic rings. The summed E-state index contributed by atoms with van der Waals surface area (Å²) in [5.41, 5.74) is 1.16. The van der Waals surface area contributed by atoms with Crippen molar-refractivity contribution >= 4 is 11.9 Å². The summed E-state index contributed by atoms with van der Waals surface area (Å²) < 4.78 is 11.6. The van der Waals surface area contributed by atoms with Crippen molar-refractivity contribution in [3.63, 3.8) is 0 Å². The Hall–Kier alpha value is -2.57. The predicted octanol–water partition coefficient (Wildman–Crippen LogP) is 1.28. The molecule has 0 saturated carbocycles. The van der Waals surface area contributed by atoms with Crippen LogP contribution in [-0.2, 0) is 11.3 Å². The molecule has 21 heavy (non-hydrogen) atoms. The number of hydrogen-bond acceptors (Lipinski definition) is 6. The Labute approximate surface area is 121 Å². The first-order valence-electron chi connectivity index (χ1n) is 6.62. The molecule has 7 nitrogen and oxygen atoms in total. The third kappa shape index (κ3) is 2.54. The van der Waals surface area contributed by atoms with Crippen LogP contribution in [0, 0.1) is 0 Å². The number of rotatable bonds is 3. The van der Waals surface area contributed by atoms with E-state index in [-0.39, 0.29) is 11.7 Å². The van der Waals surface area contributed by atoms with Gasteiger partial charge in [-0.15, -0.1) is 5.10 Å². The molecule has 0 saturated heterocycles. The average Bonchev–Trinajstić information content (AvgIpc) is 2.97. The van der Waals surface area contributed by atoms with Crippen molar-refractivity contribution in [1.82, 2.24) is 14.8 Å². The van der Waals surface area contributed by atoms with Crippen molar-refractivity contribution in [3.8, 4) is 5.75 Å². The summed E-state index contributed by atoms with van der Waals surface area (Å²) in [4.78, 5) is 15.6. The lowest BCUT2D eigenvalue weighted by atomic mass is 9.98. The molecule has 1 atom stereocenters. The molecule has 1 aromatic heterocycles. The van der Waals surface area contributed by atoms with Gasteiger partial charge in [0.1, 0.15) is 5.75 Å². The second-order valence-corrected chi connectivity index (χ2v) is 4.79. The molecule has 1 aliphatic rings. The molecule has 0 spiro atoms. The van der Waals surface area contributed by atoms with E-state index in [1.54, 1.807) is 11.8 Å². The van der Waals surface area contributed by atoms with Gasteiger partial charge in [0.2, 0.25) is 5.95 Å². The Balaban J connectivity index is 1.83. The zero-order valence-electron chi connectivity index (χ0n) is 11.9. The van der Waals surface area contributed by atoms with Crippen LogP contribution in [0.4, 0.5) is 5.95 Å². The van der Waals surface area contributed by atoms with Crippen LogP contribution in [0.15, 0.2) is 24.3 Å². The number of aromatic nitrogens is 3. The molecule has 7 heteroatoms. The van der Waals surface area contributed by atoms with E-state index in [9.17, 15) is 4.79 Å². The lowest BCUT2D eigenvalue weighted by molar-refractivity contribution is 0.0586. The van der Waals surface area contributed by atoms with E-state index < -0.39 is 5.97 Å². The van der Waals surface area contributed by atoms with Crippen molar-refractivity contribution in [3.05, 3.63) is 35.7 Å². The number of carbonyl (C=O) groups is 1. The third-order valence-corrected chi connectivity index (χ3v) is 3.50. The molecular formula is C14H16N4O3. The molecule has 0 amide bonds. The Kier molecular flexibility index (Phi) is 3.47. The second-order valence-electron chi connectivity index (χ2n) is 4.79. The summed E-state index contributed by atoms with van der Waals surface area (Å²) in [6.45, 7) is 1.38. The van der Waals surface area contributed by atoms with Crippen molar-refractivity contribution in [2.45, 2.75) is 12.5 Å². The first kappa shape index (κ1) is 13.4. The molecule has 110 valence electrons. The zero-order chi connectivity index (χ0) is 14.8. The number of methoxy groups -OCH3 is 2. The van der Waals surface area contributed by atoms with E-state index in [2.05, 4.69) is 26.2 Å². The lowest BCUT2D eigenvalue weighted by Gasteiger charge is -2.24. The maximum atomic E-state index is 11.5. The zero-order valence-corrected chi connectivity index (χ0v) is 11.9. The van der Waals surface area contributed by atoms with Crippen LogP contribution in [0.1, 0.15) is 22.1 Å². The number of fused-ring (bicyclic) bond motifs is 1. The summed E-state index contributed by atoms with van der Waals surface area (Å²) >= 11 is 0. The van der Waals surface area contributed by atoms with Crippen LogP contribution in [-0.4, -0.2) is 41.5 Å². The second kappa shape index (κ2) is 5.43. The number of benzene rings is 1. The van der Waals surface area contributed by atoms with Crippen molar-refractivity contribution in [1.29, 1.82) is 0 Å². The van der Waals surface area contributed by atoms with E-state index in [0.717, 1.165) is 17.9 Å². The molecule has 0 fully saturated rings. The molecule has 0 radical (unpaired) electrons. The number of nitrogens with one attached hydrogen (secondary N) is 1. The first-order valence-corrected chi connectivity index (χ1v) is 6.62. The fourth-order valence-corrected chi connectivity index (χ4v) is 2.38. The maximum Gasteiger partial charge on any atom is 0.378 e. The first-order chi connectivity index (χ1) is 10.2. The van der Waals surface area contributed by atoms with Gasteiger partial charge in [-0.2, -0.15) is 4.98 Å². The smallest absolute Gasteiger partial charge is 0.378 e. The fourth-order valence-electron chi connectivity index (χ4n) is 2.38. The van der Waals surface area contributed by atoms with Crippen molar-refractivity contribution in [2.75, 3.05) is 26.1 Å². The Morgan fingerprint density at radius 1 is 1.43 bits per heavy atom. The largest absolute Gasteiger partial charge is 0.497 e. The van der Waals surface area contributed by atoms with E-state index in [4.69, 9.17) is 4.74 Å². The molecule has 0 bridgehead atoms. The van der Waals surface area contributed by atoms with Gasteiger partial charge in [-0.1, -0.05) is 12.1 Å². The van der Waals surface area contributed by atoms with E-state index in [0.29, 0.717) is 12.5 Å². The van der Waals surface area contributed by atoms with E-state index >= 15 is 0 Å². The molecule has 2 heterocycles. The van der Waals surface area contributed by atoms with Crippen LogP contribution >= 0.6 is 0 Å². The molecule has 1 aromatic carbocycles. The van der Waals surface area contributed by atoms with E-state index in [1.165, 1.54) is 7.11 Å². The van der Waals surface area contributed by atoms with Crippen LogP contribution in [0.5, 0.6) is 5.75 Å². The molecule has 1 aliphatic heterocycles. The molecule has 1 N–H and O–H groups in total. The molecule has 1 unspecified atom stereocenters. The standard InChI is InChI=1S/C14H16N4O3/c1-20-11-5-3-4-9(6-11)10-7-15-14-16-12(13(19)21-2)17-18(14)8-10/h3-6,10H,7-8H2,1-2H3,(H,15,16,17). The van der Waals surface area contributed by atoms with Gasteiger partial charge in [0.15, 0.2) is 0 Å². The number of esters is 1. The van der Waals surface area contributed by atoms with Crippen LogP contribution < -0.4 is 10.1 Å². The van der Waals surface area contributed by atoms with Crippen molar-refractivity contribution < 1.29 is 14.3 Å². The minimum Gasteiger partial charge on any atom is -0.497 e.